The molecular weight excluding hydrogens is 354 g/mol. The molecule has 1 heterocycles. The molecular formula is C15H14NO6S2-. The lowest BCUT2D eigenvalue weighted by Gasteiger charge is -2.14. The Morgan fingerprint density at radius 3 is 2.29 bits per heavy atom. The average Bonchev–Trinajstić information content (AvgIpc) is 2.80. The maximum atomic E-state index is 12.3. The number of carboxylic acids is 1. The van der Waals surface area contributed by atoms with E-state index in [4.69, 9.17) is 26.4 Å². The fraction of sp³-hybridized carbons (Fsp3) is 0.267. The quantitative estimate of drug-likeness (QED) is 0.535. The zero-order valence-electron chi connectivity index (χ0n) is 13.2. The molecule has 1 aromatic rings. The number of thiocarbonyl (C=S) groups is 1. The van der Waals surface area contributed by atoms with Gasteiger partial charge in [0.1, 0.15) is 4.32 Å². The van der Waals surface area contributed by atoms with Crippen molar-refractivity contribution in [2.75, 3.05) is 27.9 Å². The summed E-state index contributed by atoms with van der Waals surface area (Å²) in [6.45, 7) is -0.572. The first-order valence-electron chi connectivity index (χ1n) is 6.66. The second-order valence-electron chi connectivity index (χ2n) is 4.60. The Morgan fingerprint density at radius 1 is 1.25 bits per heavy atom. The van der Waals surface area contributed by atoms with Crippen LogP contribution >= 0.6 is 24.0 Å². The van der Waals surface area contributed by atoms with Gasteiger partial charge in [-0.3, -0.25) is 9.69 Å². The summed E-state index contributed by atoms with van der Waals surface area (Å²) in [4.78, 5) is 24.3. The fourth-order valence-electron chi connectivity index (χ4n) is 2.10. The summed E-state index contributed by atoms with van der Waals surface area (Å²) in [5.74, 6) is -0.549. The molecule has 0 aromatic heterocycles. The molecule has 0 saturated carbocycles. The van der Waals surface area contributed by atoms with Crippen LogP contribution < -0.4 is 19.3 Å². The zero-order chi connectivity index (χ0) is 17.9. The van der Waals surface area contributed by atoms with Crippen LogP contribution in [0.25, 0.3) is 6.08 Å². The summed E-state index contributed by atoms with van der Waals surface area (Å²) in [6.07, 6.45) is 1.58. The number of ether oxygens (including phenoxy) is 3. The number of methoxy groups -OCH3 is 3. The second kappa shape index (κ2) is 7.54. The Kier molecular flexibility index (Phi) is 5.68. The normalized spacial score (nSPS) is 15.8. The van der Waals surface area contributed by atoms with Crippen molar-refractivity contribution in [1.82, 2.24) is 4.90 Å². The van der Waals surface area contributed by atoms with Gasteiger partial charge >= 0.3 is 0 Å². The van der Waals surface area contributed by atoms with E-state index in [9.17, 15) is 14.7 Å². The van der Waals surface area contributed by atoms with Gasteiger partial charge in [0.2, 0.25) is 5.75 Å². The summed E-state index contributed by atoms with van der Waals surface area (Å²) in [7, 11) is 4.46. The van der Waals surface area contributed by atoms with Crippen molar-refractivity contribution in [3.8, 4) is 17.2 Å². The Balaban J connectivity index is 2.39. The monoisotopic (exact) mass is 368 g/mol. The third-order valence-electron chi connectivity index (χ3n) is 3.15. The standard InChI is InChI=1S/C15H15NO6S2/c1-20-9-4-8(5-10(21-2)13(9)22-3)6-11-14(19)16(7-12(17)18)15(23)24-11/h4-6H,7H2,1-3H3,(H,17,18)/p-1. The van der Waals surface area contributed by atoms with Gasteiger partial charge < -0.3 is 24.1 Å². The average molecular weight is 368 g/mol. The highest BCUT2D eigenvalue weighted by Gasteiger charge is 2.32. The number of hydrogen-bond acceptors (Lipinski definition) is 8. The van der Waals surface area contributed by atoms with E-state index < -0.39 is 18.4 Å². The van der Waals surface area contributed by atoms with Gasteiger partial charge in [0, 0.05) is 0 Å². The fourth-order valence-corrected chi connectivity index (χ4v) is 3.36. The molecule has 0 atom stereocenters. The number of carbonyl (C=O) groups excluding carboxylic acids is 2. The second-order valence-corrected chi connectivity index (χ2v) is 6.27. The highest BCUT2D eigenvalue weighted by Crippen LogP contribution is 2.40. The van der Waals surface area contributed by atoms with E-state index in [2.05, 4.69) is 0 Å². The van der Waals surface area contributed by atoms with E-state index in [0.29, 0.717) is 27.7 Å². The zero-order valence-corrected chi connectivity index (χ0v) is 14.8. The molecule has 1 aliphatic heterocycles. The van der Waals surface area contributed by atoms with Gasteiger partial charge in [-0.2, -0.15) is 0 Å². The molecule has 0 aliphatic carbocycles. The molecule has 128 valence electrons. The number of thioether (sulfide) groups is 1. The summed E-state index contributed by atoms with van der Waals surface area (Å²) < 4.78 is 15.9. The first-order chi connectivity index (χ1) is 11.4. The van der Waals surface area contributed by atoms with Crippen molar-refractivity contribution in [3.63, 3.8) is 0 Å². The van der Waals surface area contributed by atoms with Crippen molar-refractivity contribution >= 4 is 46.3 Å². The third-order valence-corrected chi connectivity index (χ3v) is 4.52. The maximum Gasteiger partial charge on any atom is 0.266 e. The van der Waals surface area contributed by atoms with Gasteiger partial charge in [-0.25, -0.2) is 0 Å². The molecule has 2 rings (SSSR count). The topological polar surface area (TPSA) is 88.1 Å². The highest BCUT2D eigenvalue weighted by molar-refractivity contribution is 8.26. The smallest absolute Gasteiger partial charge is 0.266 e. The van der Waals surface area contributed by atoms with Crippen LogP contribution in [0.4, 0.5) is 0 Å². The van der Waals surface area contributed by atoms with Crippen LogP contribution in [-0.4, -0.2) is 49.0 Å². The van der Waals surface area contributed by atoms with Crippen LogP contribution in [0.15, 0.2) is 17.0 Å². The molecule has 0 radical (unpaired) electrons. The number of amides is 1. The molecule has 9 heteroatoms. The molecule has 1 aliphatic rings. The molecule has 24 heavy (non-hydrogen) atoms. The summed E-state index contributed by atoms with van der Waals surface area (Å²) in [6, 6.07) is 3.35. The largest absolute Gasteiger partial charge is 0.548 e. The van der Waals surface area contributed by atoms with Gasteiger partial charge in [0.25, 0.3) is 5.91 Å². The van der Waals surface area contributed by atoms with E-state index in [1.54, 1.807) is 18.2 Å². The van der Waals surface area contributed by atoms with Crippen molar-refractivity contribution in [3.05, 3.63) is 22.6 Å². The minimum Gasteiger partial charge on any atom is -0.548 e. The van der Waals surface area contributed by atoms with Gasteiger partial charge in [-0.1, -0.05) is 24.0 Å². The lowest BCUT2D eigenvalue weighted by atomic mass is 10.1. The number of carboxylic acid groups (broad SMARTS) is 1. The maximum absolute atomic E-state index is 12.3. The lowest BCUT2D eigenvalue weighted by Crippen LogP contribution is -2.40. The van der Waals surface area contributed by atoms with E-state index in [-0.39, 0.29) is 4.32 Å². The van der Waals surface area contributed by atoms with Gasteiger partial charge in [0.15, 0.2) is 11.5 Å². The lowest BCUT2D eigenvalue weighted by molar-refractivity contribution is -0.305. The molecule has 1 saturated heterocycles. The molecule has 0 spiro atoms. The third kappa shape index (κ3) is 3.62. The van der Waals surface area contributed by atoms with Crippen molar-refractivity contribution in [2.24, 2.45) is 0 Å². The SMILES string of the molecule is COc1cc(C=C2SC(=S)N(CC(=O)[O-])C2=O)cc(OC)c1OC. The summed E-state index contributed by atoms with van der Waals surface area (Å²) >= 11 is 6.05. The minimum atomic E-state index is -1.37. The molecule has 1 aromatic carbocycles. The van der Waals surface area contributed by atoms with Crippen LogP contribution in [-0.2, 0) is 9.59 Å². The predicted molar refractivity (Wildman–Crippen MR) is 91.0 cm³/mol. The van der Waals surface area contributed by atoms with Crippen molar-refractivity contribution in [2.45, 2.75) is 0 Å². The van der Waals surface area contributed by atoms with E-state index in [1.807, 2.05) is 0 Å². The van der Waals surface area contributed by atoms with E-state index in [0.717, 1.165) is 16.7 Å². The summed E-state index contributed by atoms with van der Waals surface area (Å²) in [5, 5.41) is 10.7. The van der Waals surface area contributed by atoms with Crippen LogP contribution in [0.3, 0.4) is 0 Å². The van der Waals surface area contributed by atoms with Gasteiger partial charge in [-0.15, -0.1) is 0 Å². The number of nitrogens with zero attached hydrogens (tertiary/aromatic N) is 1. The number of hydrogen-bond donors (Lipinski definition) is 0. The molecule has 1 fully saturated rings. The molecule has 0 unspecified atom stereocenters. The molecule has 0 N–H and O–H groups in total. The number of benzene rings is 1. The predicted octanol–water partition coefficient (Wildman–Crippen LogP) is 0.663. The summed E-state index contributed by atoms with van der Waals surface area (Å²) in [5.41, 5.74) is 0.624. The van der Waals surface area contributed by atoms with Gasteiger partial charge in [-0.05, 0) is 23.8 Å². The Hall–Kier alpha value is -2.26. The number of aliphatic carboxylic acids is 1. The Morgan fingerprint density at radius 2 is 1.83 bits per heavy atom. The minimum absolute atomic E-state index is 0.169. The molecule has 1 amide bonds. The number of rotatable bonds is 6. The van der Waals surface area contributed by atoms with E-state index in [1.165, 1.54) is 21.3 Å². The Bertz CT molecular complexity index is 706. The van der Waals surface area contributed by atoms with Crippen LogP contribution in [0.2, 0.25) is 0 Å². The Labute approximate surface area is 148 Å². The van der Waals surface area contributed by atoms with E-state index >= 15 is 0 Å². The van der Waals surface area contributed by atoms with Crippen LogP contribution in [0, 0.1) is 0 Å². The molecule has 0 bridgehead atoms. The number of carbonyl (C=O) groups is 2. The first-order valence-corrected chi connectivity index (χ1v) is 7.89. The van der Waals surface area contributed by atoms with Crippen molar-refractivity contribution in [1.29, 1.82) is 0 Å². The van der Waals surface area contributed by atoms with Crippen molar-refractivity contribution < 1.29 is 28.9 Å². The molecule has 7 nitrogen and oxygen atoms in total. The highest BCUT2D eigenvalue weighted by atomic mass is 32.2. The van der Waals surface area contributed by atoms with Gasteiger partial charge in [0.05, 0.1) is 38.7 Å². The van der Waals surface area contributed by atoms with Crippen LogP contribution in [0.5, 0.6) is 17.2 Å². The first kappa shape index (κ1) is 18.1. The van der Waals surface area contributed by atoms with Crippen LogP contribution in [0.1, 0.15) is 5.56 Å².